The molecule has 0 aliphatic carbocycles. The Kier molecular flexibility index (Phi) is 4.63. The van der Waals surface area contributed by atoms with Crippen molar-refractivity contribution in [1.29, 1.82) is 5.26 Å². The zero-order valence-electron chi connectivity index (χ0n) is 15.2. The predicted molar refractivity (Wildman–Crippen MR) is 103 cm³/mol. The van der Waals surface area contributed by atoms with E-state index in [0.29, 0.717) is 28.7 Å². The van der Waals surface area contributed by atoms with Gasteiger partial charge < -0.3 is 4.42 Å². The fourth-order valence-electron chi connectivity index (χ4n) is 3.13. The van der Waals surface area contributed by atoms with Crippen molar-refractivity contribution < 1.29 is 4.42 Å². The number of benzene rings is 1. The molecule has 0 amide bonds. The van der Waals surface area contributed by atoms with Crippen molar-refractivity contribution in [3.63, 3.8) is 0 Å². The number of hydrogen-bond acceptors (Lipinski definition) is 6. The van der Waals surface area contributed by atoms with Crippen LogP contribution < -0.4 is 0 Å². The molecule has 138 valence electrons. The standard InChI is InChI=1S/C20H15ClN6O/c1-12-19(15-4-5-16(8-22)17(21)7-15)13(2)27(26-12)10-14-3-6-18(23-9-14)20-25-24-11-28-20/h3-7,9,11H,10H2,1-2H3. The second-order valence-corrected chi connectivity index (χ2v) is 6.71. The maximum Gasteiger partial charge on any atom is 0.266 e. The van der Waals surface area contributed by atoms with Crippen molar-refractivity contribution in [3.8, 4) is 28.8 Å². The van der Waals surface area contributed by atoms with Crippen LogP contribution in [-0.2, 0) is 6.54 Å². The highest BCUT2D eigenvalue weighted by molar-refractivity contribution is 6.32. The third-order valence-electron chi connectivity index (χ3n) is 4.50. The largest absolute Gasteiger partial charge is 0.422 e. The molecule has 0 unspecified atom stereocenters. The SMILES string of the molecule is Cc1nn(Cc2ccc(-c3nnco3)nc2)c(C)c1-c1ccc(C#N)c(Cl)c1. The molecule has 3 heterocycles. The van der Waals surface area contributed by atoms with Crippen molar-refractivity contribution in [2.75, 3.05) is 0 Å². The molecule has 0 bridgehead atoms. The summed E-state index contributed by atoms with van der Waals surface area (Å²) in [5, 5.41) is 21.7. The molecule has 0 fully saturated rings. The average Bonchev–Trinajstić information content (AvgIpc) is 3.31. The van der Waals surface area contributed by atoms with E-state index in [9.17, 15) is 0 Å². The van der Waals surface area contributed by atoms with E-state index < -0.39 is 0 Å². The molecule has 4 aromatic rings. The Bertz CT molecular complexity index is 1170. The third-order valence-corrected chi connectivity index (χ3v) is 4.81. The van der Waals surface area contributed by atoms with Crippen molar-refractivity contribution in [1.82, 2.24) is 25.0 Å². The van der Waals surface area contributed by atoms with E-state index in [0.717, 1.165) is 28.1 Å². The highest BCUT2D eigenvalue weighted by Crippen LogP contribution is 2.30. The van der Waals surface area contributed by atoms with Crippen LogP contribution in [0.5, 0.6) is 0 Å². The quantitative estimate of drug-likeness (QED) is 0.518. The summed E-state index contributed by atoms with van der Waals surface area (Å²) in [5.74, 6) is 0.387. The van der Waals surface area contributed by atoms with Crippen molar-refractivity contribution in [3.05, 3.63) is 70.5 Å². The van der Waals surface area contributed by atoms with E-state index in [4.69, 9.17) is 21.3 Å². The van der Waals surface area contributed by atoms with Crippen LogP contribution >= 0.6 is 11.6 Å². The lowest BCUT2D eigenvalue weighted by Crippen LogP contribution is -2.04. The summed E-state index contributed by atoms with van der Waals surface area (Å²) in [7, 11) is 0. The van der Waals surface area contributed by atoms with E-state index in [2.05, 4.69) is 26.3 Å². The van der Waals surface area contributed by atoms with Crippen LogP contribution in [0.1, 0.15) is 22.5 Å². The highest BCUT2D eigenvalue weighted by atomic mass is 35.5. The molecule has 0 saturated heterocycles. The molecule has 1 aromatic carbocycles. The maximum absolute atomic E-state index is 9.07. The van der Waals surface area contributed by atoms with Crippen LogP contribution in [0, 0.1) is 25.2 Å². The number of aryl methyl sites for hydroxylation is 1. The van der Waals surface area contributed by atoms with Gasteiger partial charge in [-0.25, -0.2) is 0 Å². The van der Waals surface area contributed by atoms with Gasteiger partial charge in [0.25, 0.3) is 5.89 Å². The van der Waals surface area contributed by atoms with Crippen LogP contribution in [0.3, 0.4) is 0 Å². The fraction of sp³-hybridized carbons (Fsp3) is 0.150. The molecular weight excluding hydrogens is 376 g/mol. The Morgan fingerprint density at radius 3 is 2.71 bits per heavy atom. The van der Waals surface area contributed by atoms with Gasteiger partial charge in [-0.05, 0) is 43.2 Å². The molecule has 0 N–H and O–H groups in total. The monoisotopic (exact) mass is 390 g/mol. The summed E-state index contributed by atoms with van der Waals surface area (Å²) in [4.78, 5) is 4.38. The van der Waals surface area contributed by atoms with E-state index in [1.807, 2.05) is 42.8 Å². The Morgan fingerprint density at radius 1 is 1.21 bits per heavy atom. The summed E-state index contributed by atoms with van der Waals surface area (Å²) in [6.07, 6.45) is 3.05. The molecule has 0 radical (unpaired) electrons. The van der Waals surface area contributed by atoms with Gasteiger partial charge in [-0.2, -0.15) is 10.4 Å². The van der Waals surface area contributed by atoms with E-state index in [1.165, 1.54) is 6.39 Å². The van der Waals surface area contributed by atoms with E-state index in [-0.39, 0.29) is 0 Å². The van der Waals surface area contributed by atoms with Gasteiger partial charge in [0.05, 0.1) is 22.8 Å². The number of hydrogen-bond donors (Lipinski definition) is 0. The van der Waals surface area contributed by atoms with Gasteiger partial charge in [0.15, 0.2) is 0 Å². The van der Waals surface area contributed by atoms with Gasteiger partial charge in [-0.3, -0.25) is 9.67 Å². The number of nitriles is 1. The minimum atomic E-state index is 0.387. The number of nitrogens with zero attached hydrogens (tertiary/aromatic N) is 6. The number of aromatic nitrogens is 5. The molecule has 7 nitrogen and oxygen atoms in total. The van der Waals surface area contributed by atoms with Gasteiger partial charge in [0.1, 0.15) is 11.8 Å². The molecule has 0 aliphatic heterocycles. The summed E-state index contributed by atoms with van der Waals surface area (Å²) < 4.78 is 7.09. The van der Waals surface area contributed by atoms with Gasteiger partial charge in [-0.1, -0.05) is 23.7 Å². The molecule has 0 atom stereocenters. The maximum atomic E-state index is 9.07. The summed E-state index contributed by atoms with van der Waals surface area (Å²) in [5.41, 5.74) is 5.95. The normalized spacial score (nSPS) is 10.8. The minimum Gasteiger partial charge on any atom is -0.422 e. The van der Waals surface area contributed by atoms with Crippen molar-refractivity contribution >= 4 is 11.6 Å². The zero-order valence-corrected chi connectivity index (χ0v) is 16.0. The molecule has 0 aliphatic rings. The minimum absolute atomic E-state index is 0.387. The van der Waals surface area contributed by atoms with E-state index >= 15 is 0 Å². The second kappa shape index (κ2) is 7.25. The average molecular weight is 391 g/mol. The van der Waals surface area contributed by atoms with Crippen LogP contribution in [0.2, 0.25) is 5.02 Å². The lowest BCUT2D eigenvalue weighted by Gasteiger charge is -2.07. The third kappa shape index (κ3) is 3.26. The summed E-state index contributed by atoms with van der Waals surface area (Å²) in [6.45, 7) is 4.55. The van der Waals surface area contributed by atoms with Crippen molar-refractivity contribution in [2.24, 2.45) is 0 Å². The summed E-state index contributed by atoms with van der Waals surface area (Å²) in [6, 6.07) is 11.3. The van der Waals surface area contributed by atoms with Gasteiger partial charge >= 0.3 is 0 Å². The predicted octanol–water partition coefficient (Wildman–Crippen LogP) is 4.19. The van der Waals surface area contributed by atoms with E-state index in [1.54, 1.807) is 12.3 Å². The smallest absolute Gasteiger partial charge is 0.266 e. The Hall–Kier alpha value is -3.50. The van der Waals surface area contributed by atoms with Crippen LogP contribution in [-0.4, -0.2) is 25.0 Å². The topological polar surface area (TPSA) is 93.4 Å². The molecule has 28 heavy (non-hydrogen) atoms. The molecular formula is C20H15ClN6O. The first-order chi connectivity index (χ1) is 13.6. The fourth-order valence-corrected chi connectivity index (χ4v) is 3.35. The molecule has 0 saturated carbocycles. The van der Waals surface area contributed by atoms with Crippen LogP contribution in [0.25, 0.3) is 22.7 Å². The number of halogens is 1. The highest BCUT2D eigenvalue weighted by Gasteiger charge is 2.15. The number of rotatable bonds is 4. The second-order valence-electron chi connectivity index (χ2n) is 6.31. The first kappa shape index (κ1) is 17.9. The molecule has 8 heteroatoms. The zero-order chi connectivity index (χ0) is 19.7. The van der Waals surface area contributed by atoms with Gasteiger partial charge in [0.2, 0.25) is 6.39 Å². The van der Waals surface area contributed by atoms with Gasteiger partial charge in [-0.15, -0.1) is 10.2 Å². The Balaban J connectivity index is 1.63. The Morgan fingerprint density at radius 2 is 2.07 bits per heavy atom. The Labute approximate surface area is 166 Å². The van der Waals surface area contributed by atoms with Crippen LogP contribution in [0.4, 0.5) is 0 Å². The van der Waals surface area contributed by atoms with Crippen LogP contribution in [0.15, 0.2) is 47.3 Å². The number of pyridine rings is 1. The first-order valence-corrected chi connectivity index (χ1v) is 8.90. The van der Waals surface area contributed by atoms with Gasteiger partial charge in [0, 0.05) is 17.5 Å². The molecule has 3 aromatic heterocycles. The van der Waals surface area contributed by atoms with Crippen molar-refractivity contribution in [2.45, 2.75) is 20.4 Å². The first-order valence-electron chi connectivity index (χ1n) is 8.52. The molecule has 0 spiro atoms. The lowest BCUT2D eigenvalue weighted by atomic mass is 10.0. The molecule has 4 rings (SSSR count). The summed E-state index contributed by atoms with van der Waals surface area (Å²) >= 11 is 6.20. The lowest BCUT2D eigenvalue weighted by molar-refractivity contribution is 0.566.